The quantitative estimate of drug-likeness (QED) is 0.735. The van der Waals surface area contributed by atoms with E-state index in [-0.39, 0.29) is 18.5 Å². The Morgan fingerprint density at radius 2 is 1.97 bits per heavy atom. The minimum Gasteiger partial charge on any atom is -0.490 e. The smallest absolute Gasteiger partial charge is 0.325 e. The number of amides is 4. The highest BCUT2D eigenvalue weighted by molar-refractivity contribution is 6.08. The van der Waals surface area contributed by atoms with Gasteiger partial charge in [-0.05, 0) is 49.6 Å². The van der Waals surface area contributed by atoms with Gasteiger partial charge in [0.1, 0.15) is 12.3 Å². The van der Waals surface area contributed by atoms with Crippen LogP contribution in [0.1, 0.15) is 43.6 Å². The molecule has 168 valence electrons. The average molecular weight is 439 g/mol. The van der Waals surface area contributed by atoms with Crippen molar-refractivity contribution in [2.45, 2.75) is 37.8 Å². The molecule has 5 rings (SSSR count). The zero-order valence-electron chi connectivity index (χ0n) is 17.8. The molecule has 3 aliphatic rings. The summed E-state index contributed by atoms with van der Waals surface area (Å²) in [6, 6.07) is 8.29. The Morgan fingerprint density at radius 1 is 1.16 bits per heavy atom. The predicted octanol–water partition coefficient (Wildman–Crippen LogP) is 2.57. The number of nitrogens with one attached hydrogen (secondary N) is 1. The molecule has 2 fully saturated rings. The fourth-order valence-corrected chi connectivity index (χ4v) is 4.60. The lowest BCUT2D eigenvalue weighted by molar-refractivity contribution is -0.139. The zero-order chi connectivity index (χ0) is 22.3. The second kappa shape index (κ2) is 7.89. The molecule has 2 atom stereocenters. The largest absolute Gasteiger partial charge is 0.490 e. The Kier molecular flexibility index (Phi) is 5.03. The van der Waals surface area contributed by atoms with Gasteiger partial charge in [0.2, 0.25) is 5.91 Å². The van der Waals surface area contributed by atoms with Gasteiger partial charge in [0.25, 0.3) is 5.91 Å². The molecule has 0 saturated carbocycles. The molecule has 1 N–H and O–H groups in total. The van der Waals surface area contributed by atoms with Crippen LogP contribution >= 0.6 is 0 Å². The first-order valence-electron chi connectivity index (χ1n) is 10.8. The molecule has 32 heavy (non-hydrogen) atoms. The van der Waals surface area contributed by atoms with E-state index in [1.54, 1.807) is 24.0 Å². The van der Waals surface area contributed by atoms with Crippen LogP contribution in [0.3, 0.4) is 0 Å². The summed E-state index contributed by atoms with van der Waals surface area (Å²) in [6.07, 6.45) is 3.91. The maximum atomic E-state index is 13.2. The molecule has 0 aliphatic carbocycles. The zero-order valence-corrected chi connectivity index (χ0v) is 17.8. The van der Waals surface area contributed by atoms with E-state index in [1.807, 2.05) is 18.2 Å². The van der Waals surface area contributed by atoms with Gasteiger partial charge in [0.15, 0.2) is 17.0 Å². The van der Waals surface area contributed by atoms with Crippen molar-refractivity contribution in [1.82, 2.24) is 15.1 Å². The number of hydrogen-bond donors (Lipinski definition) is 1. The number of furan rings is 1. The number of nitrogens with zero attached hydrogens (tertiary/aromatic N) is 2. The minimum atomic E-state index is -1.32. The highest BCUT2D eigenvalue weighted by Crippen LogP contribution is 2.38. The number of carbonyl (C=O) groups is 3. The third-order valence-corrected chi connectivity index (χ3v) is 6.31. The van der Waals surface area contributed by atoms with Crippen LogP contribution in [0.25, 0.3) is 0 Å². The summed E-state index contributed by atoms with van der Waals surface area (Å²) >= 11 is 0. The van der Waals surface area contributed by atoms with E-state index >= 15 is 0 Å². The second-order valence-electron chi connectivity index (χ2n) is 8.43. The van der Waals surface area contributed by atoms with Crippen molar-refractivity contribution < 1.29 is 28.3 Å². The van der Waals surface area contributed by atoms with Crippen molar-refractivity contribution in [1.29, 1.82) is 0 Å². The van der Waals surface area contributed by atoms with Gasteiger partial charge in [-0.25, -0.2) is 4.79 Å². The molecule has 1 aromatic heterocycles. The van der Waals surface area contributed by atoms with Gasteiger partial charge in [0, 0.05) is 13.0 Å². The highest BCUT2D eigenvalue weighted by Gasteiger charge is 2.52. The van der Waals surface area contributed by atoms with E-state index in [1.165, 1.54) is 6.26 Å². The molecule has 9 heteroatoms. The summed E-state index contributed by atoms with van der Waals surface area (Å²) in [4.78, 5) is 41.4. The monoisotopic (exact) mass is 439 g/mol. The van der Waals surface area contributed by atoms with Crippen molar-refractivity contribution in [2.75, 3.05) is 26.3 Å². The first-order chi connectivity index (χ1) is 15.5. The lowest BCUT2D eigenvalue weighted by Gasteiger charge is -2.27. The first-order valence-corrected chi connectivity index (χ1v) is 10.8. The highest BCUT2D eigenvalue weighted by atomic mass is 16.5. The third kappa shape index (κ3) is 3.37. The van der Waals surface area contributed by atoms with Crippen LogP contribution in [0.4, 0.5) is 4.79 Å². The van der Waals surface area contributed by atoms with Gasteiger partial charge in [-0.1, -0.05) is 6.07 Å². The van der Waals surface area contributed by atoms with E-state index in [0.717, 1.165) is 29.7 Å². The van der Waals surface area contributed by atoms with Crippen LogP contribution in [0, 0.1) is 0 Å². The van der Waals surface area contributed by atoms with E-state index in [9.17, 15) is 14.4 Å². The van der Waals surface area contributed by atoms with Crippen LogP contribution in [0.15, 0.2) is 41.0 Å². The maximum Gasteiger partial charge on any atom is 0.325 e. The summed E-state index contributed by atoms with van der Waals surface area (Å²) in [5.41, 5.74) is -0.364. The van der Waals surface area contributed by atoms with Crippen LogP contribution < -0.4 is 14.8 Å². The van der Waals surface area contributed by atoms with Crippen molar-refractivity contribution in [3.05, 3.63) is 47.9 Å². The number of ether oxygens (including phenoxy) is 2. The van der Waals surface area contributed by atoms with Crippen molar-refractivity contribution in [2.24, 2.45) is 0 Å². The van der Waals surface area contributed by atoms with Gasteiger partial charge in [-0.2, -0.15) is 0 Å². The van der Waals surface area contributed by atoms with Crippen molar-refractivity contribution in [3.63, 3.8) is 0 Å². The molecule has 2 saturated heterocycles. The summed E-state index contributed by atoms with van der Waals surface area (Å²) < 4.78 is 16.8. The van der Waals surface area contributed by atoms with Crippen LogP contribution in [-0.2, 0) is 15.1 Å². The average Bonchev–Trinajstić information content (AvgIpc) is 3.49. The van der Waals surface area contributed by atoms with Gasteiger partial charge in [-0.15, -0.1) is 0 Å². The molecule has 9 nitrogen and oxygen atoms in total. The Bertz CT molecular complexity index is 1050. The number of benzene rings is 1. The summed E-state index contributed by atoms with van der Waals surface area (Å²) in [5.74, 6) is 0.947. The third-order valence-electron chi connectivity index (χ3n) is 6.31. The number of imide groups is 1. The van der Waals surface area contributed by atoms with Crippen molar-refractivity contribution in [3.8, 4) is 11.5 Å². The number of hydrogen-bond acceptors (Lipinski definition) is 6. The summed E-state index contributed by atoms with van der Waals surface area (Å²) in [5, 5.41) is 2.65. The fourth-order valence-electron chi connectivity index (χ4n) is 4.60. The molecule has 3 aliphatic heterocycles. The van der Waals surface area contributed by atoms with Gasteiger partial charge < -0.3 is 24.1 Å². The molecule has 2 aromatic rings. The molecule has 0 bridgehead atoms. The normalized spacial score (nSPS) is 25.1. The summed E-state index contributed by atoms with van der Waals surface area (Å²) in [7, 11) is 0. The number of likely N-dealkylation sites (tertiary alicyclic amines) is 1. The SMILES string of the molecule is CC1(c2ccco2)NC(=O)N(CC(=O)N2CCCC2c2ccc3c(c2)OCCCO3)C1=O. The van der Waals surface area contributed by atoms with E-state index in [2.05, 4.69) is 5.32 Å². The van der Waals surface area contributed by atoms with E-state index in [4.69, 9.17) is 13.9 Å². The van der Waals surface area contributed by atoms with E-state index in [0.29, 0.717) is 37.0 Å². The van der Waals surface area contributed by atoms with Crippen LogP contribution in [0.5, 0.6) is 11.5 Å². The Hall–Kier alpha value is -3.49. The minimum absolute atomic E-state index is 0.142. The lowest BCUT2D eigenvalue weighted by Crippen LogP contribution is -2.44. The maximum absolute atomic E-state index is 13.2. The predicted molar refractivity (Wildman–Crippen MR) is 112 cm³/mol. The molecule has 0 spiro atoms. The Balaban J connectivity index is 1.33. The molecular weight excluding hydrogens is 414 g/mol. The Morgan fingerprint density at radius 3 is 2.75 bits per heavy atom. The number of rotatable bonds is 4. The standard InChI is InChI=1S/C23H25N3O6/c1-23(19-6-3-10-32-19)21(28)26(22(29)24-23)14-20(27)25-9-2-5-16(25)15-7-8-17-18(13-15)31-12-4-11-30-17/h3,6-8,10,13,16H,2,4-5,9,11-12,14H2,1H3,(H,24,29). The summed E-state index contributed by atoms with van der Waals surface area (Å²) in [6.45, 7) is 3.03. The fraction of sp³-hybridized carbons (Fsp3) is 0.435. The first kappa shape index (κ1) is 20.4. The molecule has 2 unspecified atom stereocenters. The number of urea groups is 1. The van der Waals surface area contributed by atoms with Gasteiger partial charge in [0.05, 0.1) is 25.5 Å². The van der Waals surface area contributed by atoms with Crippen LogP contribution in [-0.4, -0.2) is 53.9 Å². The molecular formula is C23H25N3O6. The van der Waals surface area contributed by atoms with Gasteiger partial charge >= 0.3 is 6.03 Å². The number of carbonyl (C=O) groups excluding carboxylic acids is 3. The molecule has 4 amide bonds. The molecule has 4 heterocycles. The topological polar surface area (TPSA) is 101 Å². The lowest BCUT2D eigenvalue weighted by atomic mass is 9.99. The number of fused-ring (bicyclic) bond motifs is 1. The van der Waals surface area contributed by atoms with Crippen molar-refractivity contribution >= 4 is 17.8 Å². The van der Waals surface area contributed by atoms with Gasteiger partial charge in [-0.3, -0.25) is 14.5 Å². The molecule has 1 aromatic carbocycles. The Labute approximate surface area is 185 Å². The van der Waals surface area contributed by atoms with Crippen LogP contribution in [0.2, 0.25) is 0 Å². The second-order valence-corrected chi connectivity index (χ2v) is 8.43. The molecule has 0 radical (unpaired) electrons. The van der Waals surface area contributed by atoms with E-state index < -0.39 is 17.5 Å².